The summed E-state index contributed by atoms with van der Waals surface area (Å²) in [5, 5.41) is 3.08. The average Bonchev–Trinajstić information content (AvgIpc) is 2.52. The lowest BCUT2D eigenvalue weighted by molar-refractivity contribution is -0.127. The topological polar surface area (TPSA) is 67.6 Å². The molecule has 1 amide bonds. The molecule has 1 saturated heterocycles. The maximum absolute atomic E-state index is 12.2. The Morgan fingerprint density at radius 2 is 2.30 bits per heavy atom. The number of rotatable bonds is 5. The summed E-state index contributed by atoms with van der Waals surface area (Å²) in [6.45, 7) is 7.26. The highest BCUT2D eigenvalue weighted by atomic mass is 16.5. The fourth-order valence-corrected chi connectivity index (χ4v) is 3.29. The molecule has 1 heterocycles. The van der Waals surface area contributed by atoms with E-state index in [4.69, 9.17) is 10.5 Å². The fourth-order valence-electron chi connectivity index (χ4n) is 3.29. The fraction of sp³-hybridized carbons (Fsp3) is 0.933. The third kappa shape index (κ3) is 4.43. The highest BCUT2D eigenvalue weighted by Gasteiger charge is 2.27. The van der Waals surface area contributed by atoms with E-state index in [1.807, 2.05) is 0 Å². The highest BCUT2D eigenvalue weighted by Crippen LogP contribution is 2.28. The molecule has 2 fully saturated rings. The van der Waals surface area contributed by atoms with Crippen molar-refractivity contribution in [3.05, 3.63) is 0 Å². The molecule has 3 atom stereocenters. The van der Waals surface area contributed by atoms with E-state index < -0.39 is 0 Å². The van der Waals surface area contributed by atoms with E-state index >= 15 is 0 Å². The van der Waals surface area contributed by atoms with Gasteiger partial charge in [-0.1, -0.05) is 13.3 Å². The Bertz CT molecular complexity index is 311. The van der Waals surface area contributed by atoms with Gasteiger partial charge in [-0.2, -0.15) is 0 Å². The van der Waals surface area contributed by atoms with Gasteiger partial charge in [-0.3, -0.25) is 9.69 Å². The van der Waals surface area contributed by atoms with Crippen molar-refractivity contribution in [3.63, 3.8) is 0 Å². The molecule has 0 aromatic heterocycles. The molecule has 3 unspecified atom stereocenters. The zero-order chi connectivity index (χ0) is 14.4. The van der Waals surface area contributed by atoms with Crippen LogP contribution in [0.4, 0.5) is 0 Å². The largest absolute Gasteiger partial charge is 0.374 e. The van der Waals surface area contributed by atoms with Gasteiger partial charge in [0, 0.05) is 25.6 Å². The smallest absolute Gasteiger partial charge is 0.223 e. The van der Waals surface area contributed by atoms with Crippen LogP contribution in [0.15, 0.2) is 0 Å². The van der Waals surface area contributed by atoms with Gasteiger partial charge in [0.1, 0.15) is 0 Å². The second-order valence-electron chi connectivity index (χ2n) is 6.10. The molecule has 2 aliphatic rings. The first-order valence-electron chi connectivity index (χ1n) is 8.04. The van der Waals surface area contributed by atoms with Crippen molar-refractivity contribution in [2.45, 2.75) is 38.7 Å². The number of morpholine rings is 1. The van der Waals surface area contributed by atoms with Gasteiger partial charge in [0.25, 0.3) is 0 Å². The number of likely N-dealkylation sites (N-methyl/N-ethyl adjacent to an activating group) is 1. The van der Waals surface area contributed by atoms with E-state index in [9.17, 15) is 4.79 Å². The van der Waals surface area contributed by atoms with Crippen molar-refractivity contribution in [1.29, 1.82) is 0 Å². The molecular weight excluding hydrogens is 254 g/mol. The Kier molecular flexibility index (Phi) is 6.26. The van der Waals surface area contributed by atoms with Crippen LogP contribution in [0, 0.1) is 11.8 Å². The molecule has 116 valence electrons. The number of hydrogen-bond acceptors (Lipinski definition) is 4. The molecular formula is C15H29N3O2. The van der Waals surface area contributed by atoms with Crippen LogP contribution in [0.5, 0.6) is 0 Å². The van der Waals surface area contributed by atoms with E-state index in [2.05, 4.69) is 17.1 Å². The molecule has 0 radical (unpaired) electrons. The molecule has 3 N–H and O–H groups in total. The second kappa shape index (κ2) is 7.96. The van der Waals surface area contributed by atoms with E-state index in [1.165, 1.54) is 6.42 Å². The Morgan fingerprint density at radius 3 is 3.05 bits per heavy atom. The molecule has 2 rings (SSSR count). The third-order valence-electron chi connectivity index (χ3n) is 4.66. The highest BCUT2D eigenvalue weighted by molar-refractivity contribution is 5.78. The van der Waals surface area contributed by atoms with E-state index in [-0.39, 0.29) is 17.9 Å². The quantitative estimate of drug-likeness (QED) is 0.775. The number of nitrogens with one attached hydrogen (secondary N) is 1. The Balaban J connectivity index is 1.71. The Hall–Kier alpha value is -0.650. The van der Waals surface area contributed by atoms with Crippen LogP contribution >= 0.6 is 0 Å². The van der Waals surface area contributed by atoms with Gasteiger partial charge in [-0.05, 0) is 38.3 Å². The first-order chi connectivity index (χ1) is 9.72. The standard InChI is InChI=1S/C15H29N3O2/c1-2-18-6-7-20-14(11-18)10-17-15(19)13-5-3-4-12(8-13)9-16/h12-14H,2-11,16H2,1H3,(H,17,19). The van der Waals surface area contributed by atoms with Crippen LogP contribution < -0.4 is 11.1 Å². The van der Waals surface area contributed by atoms with Gasteiger partial charge in [-0.25, -0.2) is 0 Å². The Labute approximate surface area is 122 Å². The molecule has 5 heteroatoms. The summed E-state index contributed by atoms with van der Waals surface area (Å²) in [7, 11) is 0. The van der Waals surface area contributed by atoms with Crippen LogP contribution in [-0.4, -0.2) is 56.2 Å². The lowest BCUT2D eigenvalue weighted by Crippen LogP contribution is -2.48. The van der Waals surface area contributed by atoms with Crippen molar-refractivity contribution in [2.24, 2.45) is 17.6 Å². The van der Waals surface area contributed by atoms with E-state index in [1.54, 1.807) is 0 Å². The lowest BCUT2D eigenvalue weighted by Gasteiger charge is -2.33. The summed E-state index contributed by atoms with van der Waals surface area (Å²) in [5.41, 5.74) is 5.73. The second-order valence-corrected chi connectivity index (χ2v) is 6.10. The first-order valence-corrected chi connectivity index (χ1v) is 8.04. The van der Waals surface area contributed by atoms with Crippen LogP contribution in [-0.2, 0) is 9.53 Å². The minimum atomic E-state index is 0.140. The van der Waals surface area contributed by atoms with Gasteiger partial charge in [0.05, 0.1) is 12.7 Å². The summed E-state index contributed by atoms with van der Waals surface area (Å²) >= 11 is 0. The minimum absolute atomic E-state index is 0.140. The lowest BCUT2D eigenvalue weighted by atomic mass is 9.81. The maximum atomic E-state index is 12.2. The van der Waals surface area contributed by atoms with Crippen molar-refractivity contribution in [3.8, 4) is 0 Å². The van der Waals surface area contributed by atoms with Crippen molar-refractivity contribution in [1.82, 2.24) is 10.2 Å². The predicted molar refractivity (Wildman–Crippen MR) is 79.4 cm³/mol. The number of amides is 1. The number of hydrogen-bond donors (Lipinski definition) is 2. The molecule has 0 bridgehead atoms. The SMILES string of the molecule is CCN1CCOC(CNC(=O)C2CCCC(CN)C2)C1. The molecule has 1 aliphatic carbocycles. The molecule has 5 nitrogen and oxygen atoms in total. The van der Waals surface area contributed by atoms with Gasteiger partial charge in [0.15, 0.2) is 0 Å². The number of carbonyl (C=O) groups excluding carboxylic acids is 1. The van der Waals surface area contributed by atoms with E-state index in [0.717, 1.165) is 45.5 Å². The summed E-state index contributed by atoms with van der Waals surface area (Å²) in [6, 6.07) is 0. The van der Waals surface area contributed by atoms with E-state index in [0.29, 0.717) is 19.0 Å². The molecule has 0 aromatic rings. The number of ether oxygens (including phenoxy) is 1. The van der Waals surface area contributed by atoms with Crippen LogP contribution in [0.3, 0.4) is 0 Å². The van der Waals surface area contributed by atoms with Crippen LogP contribution in [0.1, 0.15) is 32.6 Å². The summed E-state index contributed by atoms with van der Waals surface area (Å²) in [4.78, 5) is 14.6. The molecule has 1 saturated carbocycles. The van der Waals surface area contributed by atoms with Gasteiger partial charge >= 0.3 is 0 Å². The van der Waals surface area contributed by atoms with Gasteiger partial charge < -0.3 is 15.8 Å². The zero-order valence-electron chi connectivity index (χ0n) is 12.6. The Morgan fingerprint density at radius 1 is 1.45 bits per heavy atom. The summed E-state index contributed by atoms with van der Waals surface area (Å²) in [6.07, 6.45) is 4.41. The normalized spacial score (nSPS) is 32.0. The number of carbonyl (C=O) groups is 1. The summed E-state index contributed by atoms with van der Waals surface area (Å²) < 4.78 is 5.71. The van der Waals surface area contributed by atoms with Crippen molar-refractivity contribution < 1.29 is 9.53 Å². The van der Waals surface area contributed by atoms with Crippen LogP contribution in [0.25, 0.3) is 0 Å². The van der Waals surface area contributed by atoms with Crippen LogP contribution in [0.2, 0.25) is 0 Å². The predicted octanol–water partition coefficient (Wildman–Crippen LogP) is 0.588. The van der Waals surface area contributed by atoms with Gasteiger partial charge in [0.2, 0.25) is 5.91 Å². The first kappa shape index (κ1) is 15.7. The monoisotopic (exact) mass is 283 g/mol. The summed E-state index contributed by atoms with van der Waals surface area (Å²) in [5.74, 6) is 0.879. The minimum Gasteiger partial charge on any atom is -0.374 e. The molecule has 0 spiro atoms. The maximum Gasteiger partial charge on any atom is 0.223 e. The molecule has 1 aliphatic heterocycles. The molecule has 0 aromatic carbocycles. The third-order valence-corrected chi connectivity index (χ3v) is 4.66. The number of nitrogens with two attached hydrogens (primary N) is 1. The van der Waals surface area contributed by atoms with Gasteiger partial charge in [-0.15, -0.1) is 0 Å². The zero-order valence-corrected chi connectivity index (χ0v) is 12.6. The van der Waals surface area contributed by atoms with Crippen molar-refractivity contribution >= 4 is 5.91 Å². The number of nitrogens with zero attached hydrogens (tertiary/aromatic N) is 1. The van der Waals surface area contributed by atoms with Crippen molar-refractivity contribution in [2.75, 3.05) is 39.3 Å². The average molecular weight is 283 g/mol. The molecule has 20 heavy (non-hydrogen) atoms.